The summed E-state index contributed by atoms with van der Waals surface area (Å²) in [5.41, 5.74) is 5.41. The van der Waals surface area contributed by atoms with Crippen LogP contribution in [0.2, 0.25) is 0 Å². The number of allylic oxidation sites excluding steroid dienone is 8. The zero-order valence-corrected chi connectivity index (χ0v) is 59.4. The molecule has 10 heteroatoms. The van der Waals surface area contributed by atoms with E-state index in [4.69, 9.17) is 24.3 Å². The maximum atomic E-state index is 12.8. The number of phosphoric ester groups is 1. The van der Waals surface area contributed by atoms with Gasteiger partial charge < -0.3 is 20.1 Å². The summed E-state index contributed by atoms with van der Waals surface area (Å²) in [5.74, 6) is -0.804. The Balaban J connectivity index is 3.76. The van der Waals surface area contributed by atoms with Crippen LogP contribution in [0.15, 0.2) is 48.6 Å². The minimum Gasteiger partial charge on any atom is -0.462 e. The number of phosphoric acid groups is 1. The first-order chi connectivity index (χ1) is 43.3. The Labute approximate surface area is 547 Å². The number of ether oxygens (including phenoxy) is 2. The van der Waals surface area contributed by atoms with Crippen LogP contribution in [0.4, 0.5) is 0 Å². The largest absolute Gasteiger partial charge is 0.472 e. The van der Waals surface area contributed by atoms with Gasteiger partial charge in [-0.15, -0.1) is 0 Å². The molecule has 2 unspecified atom stereocenters. The molecule has 0 aliphatic heterocycles. The molecule has 0 spiro atoms. The van der Waals surface area contributed by atoms with Gasteiger partial charge in [0.25, 0.3) is 0 Å². The molecule has 0 aromatic carbocycles. The SMILES string of the molecule is CC/C=C\C/C=C\C/C=C\C/C=C\CCCCCCCCCCCCCCCCCCCCC(=O)OC(COC(=O)CCCCCCCCCCCCCCCCCCCCCCCCCCCCCCCCCCCCCC)COP(=O)(O)OCCN. The smallest absolute Gasteiger partial charge is 0.462 e. The van der Waals surface area contributed by atoms with Gasteiger partial charge in [-0.3, -0.25) is 18.6 Å². The number of hydrogen-bond donors (Lipinski definition) is 2. The second-order valence-corrected chi connectivity index (χ2v) is 27.7. The van der Waals surface area contributed by atoms with E-state index in [0.29, 0.717) is 6.42 Å². The van der Waals surface area contributed by atoms with E-state index in [1.165, 1.54) is 315 Å². The van der Waals surface area contributed by atoms with Gasteiger partial charge >= 0.3 is 19.8 Å². The normalized spacial score (nSPS) is 13.1. The molecule has 0 heterocycles. The van der Waals surface area contributed by atoms with Crippen LogP contribution in [0.25, 0.3) is 0 Å². The fourth-order valence-corrected chi connectivity index (χ4v) is 12.6. The van der Waals surface area contributed by atoms with Crippen molar-refractivity contribution in [2.24, 2.45) is 5.73 Å². The Morgan fingerprint density at radius 2 is 0.625 bits per heavy atom. The zero-order chi connectivity index (χ0) is 63.7. The molecular weight excluding hydrogens is 1110 g/mol. The molecule has 0 saturated carbocycles. The van der Waals surface area contributed by atoms with Gasteiger partial charge in [0.15, 0.2) is 6.10 Å². The molecule has 0 radical (unpaired) electrons. The lowest BCUT2D eigenvalue weighted by Crippen LogP contribution is -2.29. The maximum absolute atomic E-state index is 12.8. The molecule has 2 atom stereocenters. The van der Waals surface area contributed by atoms with Crippen LogP contribution >= 0.6 is 7.82 Å². The average Bonchev–Trinajstić information content (AvgIpc) is 3.71. The Hall–Kier alpha value is -2.03. The van der Waals surface area contributed by atoms with Crippen molar-refractivity contribution in [1.82, 2.24) is 0 Å². The number of carbonyl (C=O) groups excluding carboxylic acids is 2. The van der Waals surface area contributed by atoms with Crippen LogP contribution in [0.1, 0.15) is 406 Å². The van der Waals surface area contributed by atoms with Crippen molar-refractivity contribution >= 4 is 19.8 Å². The Morgan fingerprint density at radius 1 is 0.352 bits per heavy atom. The molecule has 9 nitrogen and oxygen atoms in total. The molecule has 0 aromatic rings. The van der Waals surface area contributed by atoms with Crippen LogP contribution in [-0.2, 0) is 32.7 Å². The van der Waals surface area contributed by atoms with Crippen molar-refractivity contribution in [3.63, 3.8) is 0 Å². The quantitative estimate of drug-likeness (QED) is 0.0264. The molecule has 0 aliphatic rings. The van der Waals surface area contributed by atoms with Crippen LogP contribution in [0, 0.1) is 0 Å². The summed E-state index contributed by atoms with van der Waals surface area (Å²) in [7, 11) is -4.39. The highest BCUT2D eigenvalue weighted by atomic mass is 31.2. The van der Waals surface area contributed by atoms with Crippen LogP contribution in [0.5, 0.6) is 0 Å². The van der Waals surface area contributed by atoms with Crippen molar-refractivity contribution in [3.05, 3.63) is 48.6 Å². The van der Waals surface area contributed by atoms with E-state index >= 15 is 0 Å². The summed E-state index contributed by atoms with van der Waals surface area (Å²) >= 11 is 0. The highest BCUT2D eigenvalue weighted by molar-refractivity contribution is 7.47. The summed E-state index contributed by atoms with van der Waals surface area (Å²) in [6.45, 7) is 3.71. The van der Waals surface area contributed by atoms with Gasteiger partial charge in [0.05, 0.1) is 13.2 Å². The van der Waals surface area contributed by atoms with E-state index in [0.717, 1.165) is 57.8 Å². The van der Waals surface area contributed by atoms with Crippen LogP contribution in [-0.4, -0.2) is 49.3 Å². The Bertz CT molecular complexity index is 1580. The van der Waals surface area contributed by atoms with Gasteiger partial charge in [-0.25, -0.2) is 4.57 Å². The lowest BCUT2D eigenvalue weighted by molar-refractivity contribution is -0.161. The minimum absolute atomic E-state index is 0.0556. The van der Waals surface area contributed by atoms with E-state index in [1.54, 1.807) is 0 Å². The number of nitrogens with two attached hydrogens (primary N) is 1. The fraction of sp³-hybridized carbons (Fsp3) is 0.872. The van der Waals surface area contributed by atoms with Gasteiger partial charge in [0, 0.05) is 19.4 Å². The predicted molar refractivity (Wildman–Crippen MR) is 381 cm³/mol. The van der Waals surface area contributed by atoms with Gasteiger partial charge in [-0.05, 0) is 51.4 Å². The molecule has 0 aliphatic carbocycles. The van der Waals surface area contributed by atoms with Crippen molar-refractivity contribution < 1.29 is 37.6 Å². The van der Waals surface area contributed by atoms with Crippen molar-refractivity contribution in [2.45, 2.75) is 412 Å². The topological polar surface area (TPSA) is 134 Å². The minimum atomic E-state index is -4.39. The average molecular weight is 1260 g/mol. The third-order valence-electron chi connectivity index (χ3n) is 17.5. The molecule has 3 N–H and O–H groups in total. The molecule has 88 heavy (non-hydrogen) atoms. The number of rotatable bonds is 74. The number of carbonyl (C=O) groups is 2. The van der Waals surface area contributed by atoms with Crippen LogP contribution < -0.4 is 5.73 Å². The fourth-order valence-electron chi connectivity index (χ4n) is 11.8. The lowest BCUT2D eigenvalue weighted by atomic mass is 10.0. The maximum Gasteiger partial charge on any atom is 0.472 e. The van der Waals surface area contributed by atoms with E-state index in [9.17, 15) is 19.0 Å². The van der Waals surface area contributed by atoms with Crippen molar-refractivity contribution in [2.75, 3.05) is 26.4 Å². The highest BCUT2D eigenvalue weighted by Crippen LogP contribution is 2.43. The molecule has 0 fully saturated rings. The van der Waals surface area contributed by atoms with Gasteiger partial charge in [0.2, 0.25) is 0 Å². The van der Waals surface area contributed by atoms with Crippen molar-refractivity contribution in [3.8, 4) is 0 Å². The number of unbranched alkanes of at least 4 members (excludes halogenated alkanes) is 53. The zero-order valence-electron chi connectivity index (χ0n) is 58.5. The van der Waals surface area contributed by atoms with Gasteiger partial charge in [-0.2, -0.15) is 0 Å². The second-order valence-electron chi connectivity index (χ2n) is 26.2. The summed E-state index contributed by atoms with van der Waals surface area (Å²) in [5, 5.41) is 0. The third kappa shape index (κ3) is 73.0. The summed E-state index contributed by atoms with van der Waals surface area (Å²) < 4.78 is 33.3. The molecule has 518 valence electrons. The van der Waals surface area contributed by atoms with Gasteiger partial charge in [0.1, 0.15) is 6.61 Å². The lowest BCUT2D eigenvalue weighted by Gasteiger charge is -2.19. The summed E-state index contributed by atoms with van der Waals surface area (Å²) in [6.07, 6.45) is 95.4. The Morgan fingerprint density at radius 3 is 0.932 bits per heavy atom. The standard InChI is InChI=1S/C78H148NO8P/c1-3-5-7-9-11-13-15-17-19-21-23-25-27-29-31-33-35-36-37-38-39-41-42-44-46-48-50-52-54-56-58-60-62-64-66-68-70-77(80)84-74-76(75-86-88(82,83)85-73-72-79)87-78(81)71-69-67-65-63-61-59-57-55-53-51-49-47-45-43-40-34-32-30-28-26-24-22-20-18-16-14-12-10-8-6-4-2/h6,8,12,14,18,20,24,26,76H,3-5,7,9-11,13,15-17,19,21-23,25,27-75,79H2,1-2H3,(H,82,83)/b8-6-,14-12-,20-18-,26-24-. The highest BCUT2D eigenvalue weighted by Gasteiger charge is 2.26. The number of hydrogen-bond acceptors (Lipinski definition) is 8. The molecular formula is C78H148NO8P. The second kappa shape index (κ2) is 74.0. The monoisotopic (exact) mass is 1260 g/mol. The molecule has 0 saturated heterocycles. The van der Waals surface area contributed by atoms with E-state index < -0.39 is 26.5 Å². The summed E-state index contributed by atoms with van der Waals surface area (Å²) in [6, 6.07) is 0. The Kier molecular flexibility index (Phi) is 72.3. The van der Waals surface area contributed by atoms with Crippen LogP contribution in [0.3, 0.4) is 0 Å². The first-order valence-electron chi connectivity index (χ1n) is 38.6. The molecule has 0 rings (SSSR count). The van der Waals surface area contributed by atoms with E-state index in [2.05, 4.69) is 62.5 Å². The van der Waals surface area contributed by atoms with Crippen molar-refractivity contribution in [1.29, 1.82) is 0 Å². The van der Waals surface area contributed by atoms with E-state index in [1.807, 2.05) is 0 Å². The predicted octanol–water partition coefficient (Wildman–Crippen LogP) is 25.6. The third-order valence-corrected chi connectivity index (χ3v) is 18.5. The van der Waals surface area contributed by atoms with E-state index in [-0.39, 0.29) is 38.6 Å². The molecule has 0 bridgehead atoms. The molecule has 0 aromatic heterocycles. The first kappa shape index (κ1) is 86.0. The number of esters is 2. The molecule has 0 amide bonds. The first-order valence-corrected chi connectivity index (χ1v) is 40.1. The van der Waals surface area contributed by atoms with Gasteiger partial charge in [-0.1, -0.05) is 390 Å². The summed E-state index contributed by atoms with van der Waals surface area (Å²) in [4.78, 5) is 35.4.